The van der Waals surface area contributed by atoms with Crippen molar-refractivity contribution in [3.63, 3.8) is 0 Å². The zero-order chi connectivity index (χ0) is 33.4. The number of aryl methyl sites for hydroxylation is 1. The number of anilines is 2. The fourth-order valence-electron chi connectivity index (χ4n) is 6.37. The molecule has 2 fully saturated rings. The van der Waals surface area contributed by atoms with Crippen molar-refractivity contribution in [1.29, 1.82) is 0 Å². The number of morpholine rings is 1. The number of hydrogen-bond acceptors (Lipinski definition) is 13. The molecular formula is C33H40ClN11O4. The van der Waals surface area contributed by atoms with Crippen LogP contribution in [0.3, 0.4) is 0 Å². The molecule has 0 amide bonds. The molecule has 5 aromatic rings. The van der Waals surface area contributed by atoms with Crippen LogP contribution in [0, 0.1) is 0 Å². The zero-order valence-corrected chi connectivity index (χ0v) is 28.2. The fraction of sp³-hybridized carbons (Fsp3) is 0.485. The molecule has 1 aromatic carbocycles. The molecular weight excluding hydrogens is 650 g/mol. The first-order chi connectivity index (χ1) is 24.1. The number of aromatic nitrogens is 9. The number of ether oxygens (including phenoxy) is 3. The fourth-order valence-corrected chi connectivity index (χ4v) is 6.53. The third-order valence-corrected chi connectivity index (χ3v) is 9.20. The molecule has 16 heteroatoms. The van der Waals surface area contributed by atoms with E-state index in [1.54, 1.807) is 41.9 Å². The second-order valence-corrected chi connectivity index (χ2v) is 12.7. The molecule has 1 saturated carbocycles. The second-order valence-electron chi connectivity index (χ2n) is 12.3. The minimum Gasteiger partial charge on any atom is -0.487 e. The van der Waals surface area contributed by atoms with E-state index in [2.05, 4.69) is 40.7 Å². The van der Waals surface area contributed by atoms with Crippen LogP contribution in [0.15, 0.2) is 60.0 Å². The minimum absolute atomic E-state index is 0.210. The number of nitrogens with zero attached hydrogens (tertiary/aromatic N) is 10. The summed E-state index contributed by atoms with van der Waals surface area (Å²) in [5.41, 5.74) is 2.41. The van der Waals surface area contributed by atoms with Gasteiger partial charge in [-0.25, -0.2) is 19.6 Å². The van der Waals surface area contributed by atoms with Crippen LogP contribution in [0.2, 0.25) is 5.02 Å². The van der Waals surface area contributed by atoms with Crippen molar-refractivity contribution in [1.82, 2.24) is 49.8 Å². The third-order valence-electron chi connectivity index (χ3n) is 8.88. The van der Waals surface area contributed by atoms with Crippen molar-refractivity contribution < 1.29 is 18.6 Å². The first-order valence-corrected chi connectivity index (χ1v) is 17.1. The van der Waals surface area contributed by atoms with Crippen LogP contribution >= 0.6 is 11.6 Å². The van der Waals surface area contributed by atoms with Crippen LogP contribution < -0.4 is 14.8 Å². The Morgan fingerprint density at radius 1 is 1.04 bits per heavy atom. The molecule has 0 bridgehead atoms. The predicted molar refractivity (Wildman–Crippen MR) is 180 cm³/mol. The molecule has 5 heterocycles. The minimum atomic E-state index is -0.210. The summed E-state index contributed by atoms with van der Waals surface area (Å²) in [7, 11) is 0. The first-order valence-electron chi connectivity index (χ1n) is 16.8. The molecule has 0 spiro atoms. The maximum absolute atomic E-state index is 6.46. The molecule has 4 aromatic heterocycles. The molecule has 1 aliphatic carbocycles. The van der Waals surface area contributed by atoms with Crippen LogP contribution in [-0.2, 0) is 17.7 Å². The van der Waals surface area contributed by atoms with Gasteiger partial charge in [0.2, 0.25) is 5.95 Å². The van der Waals surface area contributed by atoms with Gasteiger partial charge in [-0.1, -0.05) is 17.7 Å². The van der Waals surface area contributed by atoms with Gasteiger partial charge in [0, 0.05) is 43.5 Å². The number of tetrazole rings is 1. The summed E-state index contributed by atoms with van der Waals surface area (Å²) < 4.78 is 26.9. The third kappa shape index (κ3) is 8.53. The van der Waals surface area contributed by atoms with Gasteiger partial charge in [-0.2, -0.15) is 0 Å². The number of halogens is 1. The molecule has 15 nitrogen and oxygen atoms in total. The Bertz CT molecular complexity index is 1740. The lowest BCUT2D eigenvalue weighted by molar-refractivity contribution is 0.00503. The standard InChI is InChI=1S/C33H40ClN11O4/c1-23(20-44-22-38-41-42-44)49-30-17-24(4-9-28(30)34)25-18-36-33(37-19-25)39-29-21-45(40-32(29)48-13-2-3-31-35-10-14-47-31)27-7-5-26(6-8-27)43-11-15-46-16-12-43/h4,9-10,14,17-19,21-23,26-27H,2-3,5-8,11-13,15-16,20H2,1H3,(H,36,37,39)/t23-,26-,27-/m0/s1. The molecule has 2 aliphatic rings. The number of rotatable bonds is 14. The highest BCUT2D eigenvalue weighted by atomic mass is 35.5. The molecule has 0 radical (unpaired) electrons. The number of oxazole rings is 1. The Kier molecular flexibility index (Phi) is 10.6. The number of nitrogens with one attached hydrogen (secondary N) is 1. The number of hydrogen-bond donors (Lipinski definition) is 1. The van der Waals surface area contributed by atoms with Crippen molar-refractivity contribution in [2.45, 2.75) is 70.2 Å². The van der Waals surface area contributed by atoms with Gasteiger partial charge in [0.15, 0.2) is 5.89 Å². The van der Waals surface area contributed by atoms with Gasteiger partial charge >= 0.3 is 0 Å². The quantitative estimate of drug-likeness (QED) is 0.155. The van der Waals surface area contributed by atoms with E-state index in [0.29, 0.717) is 60.1 Å². The Morgan fingerprint density at radius 2 is 1.86 bits per heavy atom. The van der Waals surface area contributed by atoms with Gasteiger partial charge in [-0.3, -0.25) is 9.58 Å². The summed E-state index contributed by atoms with van der Waals surface area (Å²) in [4.78, 5) is 16.0. The normalized spacial score (nSPS) is 19.1. The summed E-state index contributed by atoms with van der Waals surface area (Å²) in [5.74, 6) is 2.20. The smallest absolute Gasteiger partial charge is 0.256 e. The Morgan fingerprint density at radius 3 is 2.61 bits per heavy atom. The van der Waals surface area contributed by atoms with Crippen LogP contribution in [0.25, 0.3) is 11.1 Å². The van der Waals surface area contributed by atoms with Gasteiger partial charge < -0.3 is 23.9 Å². The highest BCUT2D eigenvalue weighted by Gasteiger charge is 2.29. The van der Waals surface area contributed by atoms with Crippen LogP contribution in [0.4, 0.5) is 11.6 Å². The predicted octanol–water partition coefficient (Wildman–Crippen LogP) is 5.01. The van der Waals surface area contributed by atoms with Gasteiger partial charge in [0.25, 0.3) is 5.88 Å². The van der Waals surface area contributed by atoms with Crippen molar-refractivity contribution in [2.75, 3.05) is 38.2 Å². The highest BCUT2D eigenvalue weighted by Crippen LogP contribution is 2.35. The molecule has 1 atom stereocenters. The first kappa shape index (κ1) is 32.9. The van der Waals surface area contributed by atoms with E-state index in [-0.39, 0.29) is 6.10 Å². The lowest BCUT2D eigenvalue weighted by Crippen LogP contribution is -2.45. The lowest BCUT2D eigenvalue weighted by Gasteiger charge is -2.38. The van der Waals surface area contributed by atoms with E-state index in [1.807, 2.05) is 29.9 Å². The Hall–Kier alpha value is -4.60. The van der Waals surface area contributed by atoms with Crippen molar-refractivity contribution in [3.8, 4) is 22.8 Å². The number of benzene rings is 1. The van der Waals surface area contributed by atoms with Crippen LogP contribution in [-0.4, -0.2) is 94.9 Å². The topological polar surface area (TPSA) is 156 Å². The molecule has 0 unspecified atom stereocenters. The largest absolute Gasteiger partial charge is 0.487 e. The summed E-state index contributed by atoms with van der Waals surface area (Å²) >= 11 is 6.46. The molecule has 258 valence electrons. The molecule has 49 heavy (non-hydrogen) atoms. The summed E-state index contributed by atoms with van der Waals surface area (Å²) in [6, 6.07) is 6.50. The van der Waals surface area contributed by atoms with E-state index in [4.69, 9.17) is 35.3 Å². The maximum atomic E-state index is 6.46. The van der Waals surface area contributed by atoms with Crippen molar-refractivity contribution in [2.24, 2.45) is 0 Å². The van der Waals surface area contributed by atoms with Crippen LogP contribution in [0.5, 0.6) is 11.6 Å². The molecule has 1 saturated heterocycles. The molecule has 1 aliphatic heterocycles. The highest BCUT2D eigenvalue weighted by molar-refractivity contribution is 6.32. The Labute approximate surface area is 288 Å². The van der Waals surface area contributed by atoms with E-state index in [0.717, 1.165) is 75.2 Å². The maximum Gasteiger partial charge on any atom is 0.256 e. The average molecular weight is 690 g/mol. The summed E-state index contributed by atoms with van der Waals surface area (Å²) in [6.07, 6.45) is 15.9. The van der Waals surface area contributed by atoms with E-state index < -0.39 is 0 Å². The van der Waals surface area contributed by atoms with E-state index >= 15 is 0 Å². The average Bonchev–Trinajstić information content (AvgIpc) is 3.92. The second kappa shape index (κ2) is 15.7. The molecule has 1 N–H and O–H groups in total. The summed E-state index contributed by atoms with van der Waals surface area (Å²) in [6.45, 7) is 6.57. The lowest BCUT2D eigenvalue weighted by atomic mass is 9.90. The van der Waals surface area contributed by atoms with Gasteiger partial charge in [-0.15, -0.1) is 10.2 Å². The van der Waals surface area contributed by atoms with Gasteiger partial charge in [-0.05, 0) is 67.2 Å². The Balaban J connectivity index is 1.02. The van der Waals surface area contributed by atoms with Gasteiger partial charge in [0.05, 0.1) is 49.8 Å². The van der Waals surface area contributed by atoms with Gasteiger partial charge in [0.1, 0.15) is 30.1 Å². The molecule has 7 rings (SSSR count). The monoisotopic (exact) mass is 689 g/mol. The van der Waals surface area contributed by atoms with E-state index in [1.165, 1.54) is 0 Å². The summed E-state index contributed by atoms with van der Waals surface area (Å²) in [5, 5.41) is 20.0. The SMILES string of the molecule is C[C@@H](Cn1cnnn1)Oc1cc(-c2cnc(Nc3cn([C@H]4CC[C@H](N5CCOCC5)CC4)nc3OCCCc3ncco3)nc2)ccc1Cl. The van der Waals surface area contributed by atoms with Crippen LogP contribution in [0.1, 0.15) is 51.0 Å². The van der Waals surface area contributed by atoms with E-state index in [9.17, 15) is 0 Å². The van der Waals surface area contributed by atoms with Crippen molar-refractivity contribution in [3.05, 3.63) is 66.5 Å². The van der Waals surface area contributed by atoms with Crippen molar-refractivity contribution >= 4 is 23.2 Å². The zero-order valence-electron chi connectivity index (χ0n) is 27.4.